The lowest BCUT2D eigenvalue weighted by Crippen LogP contribution is -2.43. The maximum atomic E-state index is 12.7. The third kappa shape index (κ3) is 6.66. The van der Waals surface area contributed by atoms with Crippen LogP contribution in [0.1, 0.15) is 26.2 Å². The van der Waals surface area contributed by atoms with E-state index in [1.807, 2.05) is 11.9 Å². The second kappa shape index (κ2) is 10.9. The van der Waals surface area contributed by atoms with Crippen molar-refractivity contribution in [3.05, 3.63) is 24.3 Å². The number of hydrogen-bond donors (Lipinski definition) is 1. The number of sulfone groups is 1. The molecule has 0 aromatic heterocycles. The fraction of sp³-hybridized carbons (Fsp3) is 0.632. The SMILES string of the molecule is CNCCC1CCN(C(=O)C(C)CS(=O)(=O)c2ccc(OC)cc2)CC1.Cl. The van der Waals surface area contributed by atoms with Crippen molar-refractivity contribution in [2.75, 3.05) is 39.5 Å². The monoisotopic (exact) mass is 418 g/mol. The van der Waals surface area contributed by atoms with Gasteiger partial charge in [-0.15, -0.1) is 12.4 Å². The molecule has 0 saturated carbocycles. The summed E-state index contributed by atoms with van der Waals surface area (Å²) in [4.78, 5) is 14.7. The molecule has 1 fully saturated rings. The molecule has 1 aromatic rings. The molecule has 1 saturated heterocycles. The van der Waals surface area contributed by atoms with E-state index in [9.17, 15) is 13.2 Å². The van der Waals surface area contributed by atoms with Crippen LogP contribution in [0.2, 0.25) is 0 Å². The van der Waals surface area contributed by atoms with Crippen molar-refractivity contribution in [3.63, 3.8) is 0 Å². The molecule has 1 aliphatic heterocycles. The highest BCUT2D eigenvalue weighted by Gasteiger charge is 2.29. The van der Waals surface area contributed by atoms with E-state index in [4.69, 9.17) is 4.74 Å². The Morgan fingerprint density at radius 1 is 1.26 bits per heavy atom. The molecule has 1 unspecified atom stereocenters. The standard InChI is InChI=1S/C19H30N2O4S.ClH/c1-15(14-26(23,24)18-6-4-17(25-3)5-7-18)19(22)21-12-9-16(10-13-21)8-11-20-2;/h4-7,15-16,20H,8-14H2,1-3H3;1H. The largest absolute Gasteiger partial charge is 0.497 e. The molecule has 1 amide bonds. The van der Waals surface area contributed by atoms with Gasteiger partial charge in [-0.3, -0.25) is 4.79 Å². The Bertz CT molecular complexity index is 686. The number of halogens is 1. The third-order valence-corrected chi connectivity index (χ3v) is 6.97. The number of rotatable bonds is 8. The summed E-state index contributed by atoms with van der Waals surface area (Å²) in [6.07, 6.45) is 3.11. The Balaban J connectivity index is 0.00000364. The van der Waals surface area contributed by atoms with Crippen LogP contribution in [0.5, 0.6) is 5.75 Å². The molecule has 2 rings (SSSR count). The maximum Gasteiger partial charge on any atom is 0.226 e. The number of carbonyl (C=O) groups is 1. The highest BCUT2D eigenvalue weighted by atomic mass is 35.5. The average molecular weight is 419 g/mol. The molecule has 1 atom stereocenters. The normalized spacial score (nSPS) is 16.5. The molecule has 0 aliphatic carbocycles. The summed E-state index contributed by atoms with van der Waals surface area (Å²) in [6, 6.07) is 6.29. The van der Waals surface area contributed by atoms with Crippen molar-refractivity contribution in [3.8, 4) is 5.75 Å². The van der Waals surface area contributed by atoms with Crippen LogP contribution in [0, 0.1) is 11.8 Å². The summed E-state index contributed by atoms with van der Waals surface area (Å²) in [5.41, 5.74) is 0. The molecule has 0 spiro atoms. The molecule has 1 heterocycles. The first-order chi connectivity index (χ1) is 12.4. The quantitative estimate of drug-likeness (QED) is 0.701. The van der Waals surface area contributed by atoms with Gasteiger partial charge in [0.25, 0.3) is 0 Å². The van der Waals surface area contributed by atoms with E-state index in [1.54, 1.807) is 19.1 Å². The number of methoxy groups -OCH3 is 1. The average Bonchev–Trinajstić information content (AvgIpc) is 2.65. The predicted molar refractivity (Wildman–Crippen MR) is 109 cm³/mol. The molecule has 1 aromatic carbocycles. The number of carbonyl (C=O) groups excluding carboxylic acids is 1. The second-order valence-corrected chi connectivity index (χ2v) is 9.05. The Morgan fingerprint density at radius 3 is 2.37 bits per heavy atom. The van der Waals surface area contributed by atoms with Gasteiger partial charge in [-0.1, -0.05) is 6.92 Å². The van der Waals surface area contributed by atoms with Crippen molar-refractivity contribution in [1.29, 1.82) is 0 Å². The van der Waals surface area contributed by atoms with Crippen LogP contribution in [0.3, 0.4) is 0 Å². The first-order valence-electron chi connectivity index (χ1n) is 9.17. The van der Waals surface area contributed by atoms with Crippen LogP contribution in [-0.2, 0) is 14.6 Å². The smallest absolute Gasteiger partial charge is 0.226 e. The van der Waals surface area contributed by atoms with Crippen LogP contribution in [0.4, 0.5) is 0 Å². The Hall–Kier alpha value is -1.31. The maximum absolute atomic E-state index is 12.7. The zero-order valence-corrected chi connectivity index (χ0v) is 17.9. The summed E-state index contributed by atoms with van der Waals surface area (Å²) in [5, 5.41) is 3.16. The molecule has 0 bridgehead atoms. The van der Waals surface area contributed by atoms with Gasteiger partial charge in [0, 0.05) is 19.0 Å². The number of likely N-dealkylation sites (tertiary alicyclic amines) is 1. The number of nitrogens with one attached hydrogen (secondary N) is 1. The molecule has 27 heavy (non-hydrogen) atoms. The van der Waals surface area contributed by atoms with Crippen molar-refractivity contribution in [2.24, 2.45) is 11.8 Å². The fourth-order valence-electron chi connectivity index (χ4n) is 3.38. The summed E-state index contributed by atoms with van der Waals surface area (Å²) < 4.78 is 30.2. The number of amides is 1. The number of ether oxygens (including phenoxy) is 1. The molecule has 8 heteroatoms. The van der Waals surface area contributed by atoms with E-state index in [2.05, 4.69) is 5.32 Å². The number of piperidine rings is 1. The van der Waals surface area contributed by atoms with Crippen LogP contribution >= 0.6 is 12.4 Å². The van der Waals surface area contributed by atoms with E-state index in [-0.39, 0.29) is 29.0 Å². The van der Waals surface area contributed by atoms with Crippen LogP contribution in [0.15, 0.2) is 29.2 Å². The van der Waals surface area contributed by atoms with Crippen molar-refractivity contribution in [1.82, 2.24) is 10.2 Å². The predicted octanol–water partition coefficient (Wildman–Crippen LogP) is 2.37. The van der Waals surface area contributed by atoms with Gasteiger partial charge in [0.05, 0.1) is 17.8 Å². The lowest BCUT2D eigenvalue weighted by atomic mass is 9.93. The molecule has 6 nitrogen and oxygen atoms in total. The molecule has 154 valence electrons. The van der Waals surface area contributed by atoms with Gasteiger partial charge in [-0.05, 0) is 63.0 Å². The molecule has 1 N–H and O–H groups in total. The topological polar surface area (TPSA) is 75.7 Å². The third-order valence-electron chi connectivity index (χ3n) is 5.04. The highest BCUT2D eigenvalue weighted by molar-refractivity contribution is 7.91. The van der Waals surface area contributed by atoms with E-state index in [0.717, 1.165) is 38.9 Å². The van der Waals surface area contributed by atoms with Gasteiger partial charge in [-0.25, -0.2) is 8.42 Å². The van der Waals surface area contributed by atoms with Crippen LogP contribution in [-0.4, -0.2) is 58.8 Å². The Morgan fingerprint density at radius 2 is 1.85 bits per heavy atom. The van der Waals surface area contributed by atoms with Crippen molar-refractivity contribution < 1.29 is 17.9 Å². The molecular formula is C19H31ClN2O4S. The van der Waals surface area contributed by atoms with Gasteiger partial charge >= 0.3 is 0 Å². The van der Waals surface area contributed by atoms with Crippen molar-refractivity contribution >= 4 is 28.2 Å². The lowest BCUT2D eigenvalue weighted by Gasteiger charge is -2.33. The van der Waals surface area contributed by atoms with Gasteiger partial charge in [0.15, 0.2) is 9.84 Å². The lowest BCUT2D eigenvalue weighted by molar-refractivity contribution is -0.135. The minimum absolute atomic E-state index is 0. The summed E-state index contributed by atoms with van der Waals surface area (Å²) in [6.45, 7) is 4.14. The van der Waals surface area contributed by atoms with Gasteiger partial charge in [-0.2, -0.15) is 0 Å². The number of benzene rings is 1. The van der Waals surface area contributed by atoms with Gasteiger partial charge in [0.2, 0.25) is 5.91 Å². The van der Waals surface area contributed by atoms with Crippen molar-refractivity contribution in [2.45, 2.75) is 31.1 Å². The van der Waals surface area contributed by atoms with Gasteiger partial charge in [0.1, 0.15) is 5.75 Å². The van der Waals surface area contributed by atoms with Gasteiger partial charge < -0.3 is 15.0 Å². The minimum atomic E-state index is -3.50. The minimum Gasteiger partial charge on any atom is -0.497 e. The van der Waals surface area contributed by atoms with E-state index in [1.165, 1.54) is 19.2 Å². The van der Waals surface area contributed by atoms with Crippen LogP contribution in [0.25, 0.3) is 0 Å². The van der Waals surface area contributed by atoms with E-state index >= 15 is 0 Å². The van der Waals surface area contributed by atoms with Crippen LogP contribution < -0.4 is 10.1 Å². The molecule has 0 radical (unpaired) electrons. The van der Waals surface area contributed by atoms with E-state index in [0.29, 0.717) is 11.7 Å². The van der Waals surface area contributed by atoms with E-state index < -0.39 is 15.8 Å². The zero-order chi connectivity index (χ0) is 19.2. The number of nitrogens with zero attached hydrogens (tertiary/aromatic N) is 1. The summed E-state index contributed by atoms with van der Waals surface area (Å²) in [7, 11) is -0.0204. The second-order valence-electron chi connectivity index (χ2n) is 7.02. The first kappa shape index (κ1) is 23.7. The zero-order valence-electron chi connectivity index (χ0n) is 16.3. The fourth-order valence-corrected chi connectivity index (χ4v) is 4.93. The summed E-state index contributed by atoms with van der Waals surface area (Å²) in [5.74, 6) is 0.474. The Labute approximate surface area is 169 Å². The number of hydrogen-bond acceptors (Lipinski definition) is 5. The molecule has 1 aliphatic rings. The first-order valence-corrected chi connectivity index (χ1v) is 10.8. The summed E-state index contributed by atoms with van der Waals surface area (Å²) >= 11 is 0. The highest BCUT2D eigenvalue weighted by Crippen LogP contribution is 2.23. The Kier molecular flexibility index (Phi) is 9.56. The molecular weight excluding hydrogens is 388 g/mol.